The van der Waals surface area contributed by atoms with E-state index in [9.17, 15) is 14.3 Å². The average molecular weight is 281 g/mol. The van der Waals surface area contributed by atoms with Gasteiger partial charge >= 0.3 is 5.97 Å². The lowest BCUT2D eigenvalue weighted by molar-refractivity contribution is -0.147. The Labute approximate surface area is 117 Å². The second kappa shape index (κ2) is 6.22. The van der Waals surface area contributed by atoms with Crippen LogP contribution < -0.4 is 10.1 Å². The summed E-state index contributed by atoms with van der Waals surface area (Å²) in [6.45, 7) is 2.49. The lowest BCUT2D eigenvalue weighted by Crippen LogP contribution is -2.56. The Bertz CT molecular complexity index is 476. The van der Waals surface area contributed by atoms with Crippen LogP contribution in [0.4, 0.5) is 4.39 Å². The van der Waals surface area contributed by atoms with Gasteiger partial charge in [0.05, 0.1) is 0 Å². The summed E-state index contributed by atoms with van der Waals surface area (Å²) >= 11 is 0. The van der Waals surface area contributed by atoms with Gasteiger partial charge in [0.15, 0.2) is 0 Å². The number of likely N-dealkylation sites (N-methyl/N-ethyl adjacent to an activating group) is 1. The summed E-state index contributed by atoms with van der Waals surface area (Å²) in [5, 5.41) is 12.5. The van der Waals surface area contributed by atoms with Gasteiger partial charge in [-0.15, -0.1) is 0 Å². The molecule has 2 unspecified atom stereocenters. The van der Waals surface area contributed by atoms with Crippen LogP contribution in [0.3, 0.4) is 0 Å². The fourth-order valence-electron chi connectivity index (χ4n) is 2.83. The average Bonchev–Trinajstić information content (AvgIpc) is 2.39. The molecule has 110 valence electrons. The van der Waals surface area contributed by atoms with Crippen LogP contribution in [0.5, 0.6) is 5.75 Å². The molecule has 0 bridgehead atoms. The van der Waals surface area contributed by atoms with E-state index in [0.29, 0.717) is 25.1 Å². The van der Waals surface area contributed by atoms with Gasteiger partial charge in [0, 0.05) is 12.5 Å². The first-order valence-corrected chi connectivity index (χ1v) is 6.96. The number of hydrogen-bond acceptors (Lipinski definition) is 3. The third kappa shape index (κ3) is 3.28. The quantitative estimate of drug-likeness (QED) is 0.871. The van der Waals surface area contributed by atoms with Gasteiger partial charge in [-0.05, 0) is 37.9 Å². The van der Waals surface area contributed by atoms with Crippen molar-refractivity contribution in [1.82, 2.24) is 5.32 Å². The van der Waals surface area contributed by atoms with Crippen molar-refractivity contribution in [1.29, 1.82) is 0 Å². The van der Waals surface area contributed by atoms with Crippen LogP contribution in [-0.2, 0) is 4.79 Å². The summed E-state index contributed by atoms with van der Waals surface area (Å²) in [6, 6.07) is 5.95. The summed E-state index contributed by atoms with van der Waals surface area (Å²) in [4.78, 5) is 11.5. The maximum absolute atomic E-state index is 13.1. The minimum atomic E-state index is -0.926. The number of halogens is 1. The first-order valence-electron chi connectivity index (χ1n) is 6.96. The summed E-state index contributed by atoms with van der Waals surface area (Å²) in [5.41, 5.74) is -0.926. The van der Waals surface area contributed by atoms with Crippen LogP contribution in [0.1, 0.15) is 32.6 Å². The molecule has 0 spiro atoms. The molecule has 0 aliphatic heterocycles. The van der Waals surface area contributed by atoms with Crippen molar-refractivity contribution in [2.24, 2.45) is 0 Å². The van der Waals surface area contributed by atoms with E-state index in [1.807, 2.05) is 6.92 Å². The molecule has 0 radical (unpaired) electrons. The molecule has 20 heavy (non-hydrogen) atoms. The van der Waals surface area contributed by atoms with Gasteiger partial charge in [0.1, 0.15) is 23.2 Å². The van der Waals surface area contributed by atoms with E-state index < -0.39 is 11.5 Å². The maximum Gasteiger partial charge on any atom is 0.324 e. The lowest BCUT2D eigenvalue weighted by Gasteiger charge is -2.38. The Hall–Kier alpha value is -1.62. The Balaban J connectivity index is 2.08. The molecule has 0 saturated heterocycles. The highest BCUT2D eigenvalue weighted by atomic mass is 19.1. The number of aliphatic carboxylic acids is 1. The van der Waals surface area contributed by atoms with Gasteiger partial charge in [-0.25, -0.2) is 4.39 Å². The molecule has 1 aliphatic rings. The highest BCUT2D eigenvalue weighted by Crippen LogP contribution is 2.31. The number of carboxylic acids is 1. The second-order valence-electron chi connectivity index (χ2n) is 5.21. The zero-order chi connectivity index (χ0) is 14.6. The highest BCUT2D eigenvalue weighted by Gasteiger charge is 2.43. The summed E-state index contributed by atoms with van der Waals surface area (Å²) in [6.07, 6.45) is 2.35. The standard InChI is InChI=1S/C15H20FNO3/c1-2-17-15(14(18)19)8-4-7-13(10-15)20-12-6-3-5-11(16)9-12/h3,5-6,9,13,17H,2,4,7-8,10H2,1H3,(H,18,19). The van der Waals surface area contributed by atoms with Gasteiger partial charge in [-0.3, -0.25) is 4.79 Å². The molecule has 4 nitrogen and oxygen atoms in total. The molecule has 0 heterocycles. The number of nitrogens with one attached hydrogen (secondary N) is 1. The molecule has 1 aliphatic carbocycles. The van der Waals surface area contributed by atoms with E-state index in [0.717, 1.165) is 12.8 Å². The number of carbonyl (C=O) groups is 1. The van der Waals surface area contributed by atoms with Crippen molar-refractivity contribution in [3.8, 4) is 5.75 Å². The highest BCUT2D eigenvalue weighted by molar-refractivity contribution is 5.79. The van der Waals surface area contributed by atoms with Crippen LogP contribution in [0.15, 0.2) is 24.3 Å². The Morgan fingerprint density at radius 2 is 2.40 bits per heavy atom. The predicted octanol–water partition coefficient (Wildman–Crippen LogP) is 2.58. The topological polar surface area (TPSA) is 58.6 Å². The molecule has 0 aromatic heterocycles. The molecule has 2 atom stereocenters. The number of carboxylic acid groups (broad SMARTS) is 1. The fraction of sp³-hybridized carbons (Fsp3) is 0.533. The number of rotatable bonds is 5. The molecule has 1 aromatic carbocycles. The number of hydrogen-bond donors (Lipinski definition) is 2. The normalized spacial score (nSPS) is 26.2. The van der Waals surface area contributed by atoms with E-state index in [2.05, 4.69) is 5.32 Å². The van der Waals surface area contributed by atoms with Crippen molar-refractivity contribution >= 4 is 5.97 Å². The Morgan fingerprint density at radius 1 is 1.60 bits per heavy atom. The first-order chi connectivity index (χ1) is 9.55. The van der Waals surface area contributed by atoms with Gasteiger partial charge in [-0.2, -0.15) is 0 Å². The van der Waals surface area contributed by atoms with E-state index in [1.165, 1.54) is 12.1 Å². The number of benzene rings is 1. The zero-order valence-corrected chi connectivity index (χ0v) is 11.6. The largest absolute Gasteiger partial charge is 0.490 e. The summed E-state index contributed by atoms with van der Waals surface area (Å²) < 4.78 is 18.9. The van der Waals surface area contributed by atoms with E-state index in [4.69, 9.17) is 4.74 Å². The molecular formula is C15H20FNO3. The molecule has 0 amide bonds. The summed E-state index contributed by atoms with van der Waals surface area (Å²) in [5.74, 6) is -0.742. The second-order valence-corrected chi connectivity index (χ2v) is 5.21. The predicted molar refractivity (Wildman–Crippen MR) is 73.3 cm³/mol. The molecule has 2 N–H and O–H groups in total. The molecule has 5 heteroatoms. The van der Waals surface area contributed by atoms with E-state index in [-0.39, 0.29) is 11.9 Å². The minimum absolute atomic E-state index is 0.208. The fourth-order valence-corrected chi connectivity index (χ4v) is 2.83. The van der Waals surface area contributed by atoms with E-state index in [1.54, 1.807) is 12.1 Å². The van der Waals surface area contributed by atoms with Crippen LogP contribution in [0.25, 0.3) is 0 Å². The third-order valence-corrected chi connectivity index (χ3v) is 3.73. The monoisotopic (exact) mass is 281 g/mol. The molecular weight excluding hydrogens is 261 g/mol. The Morgan fingerprint density at radius 3 is 3.05 bits per heavy atom. The molecule has 1 saturated carbocycles. The van der Waals surface area contributed by atoms with Crippen molar-refractivity contribution < 1.29 is 19.0 Å². The van der Waals surface area contributed by atoms with Gasteiger partial charge in [-0.1, -0.05) is 13.0 Å². The SMILES string of the molecule is CCNC1(C(=O)O)CCCC(Oc2cccc(F)c2)C1. The first kappa shape index (κ1) is 14.8. The molecule has 2 rings (SSSR count). The maximum atomic E-state index is 13.1. The van der Waals surface area contributed by atoms with Crippen LogP contribution in [-0.4, -0.2) is 29.3 Å². The van der Waals surface area contributed by atoms with Crippen molar-refractivity contribution in [3.63, 3.8) is 0 Å². The van der Waals surface area contributed by atoms with E-state index >= 15 is 0 Å². The van der Waals surface area contributed by atoms with Crippen LogP contribution in [0, 0.1) is 5.82 Å². The van der Waals surface area contributed by atoms with Gasteiger partial charge < -0.3 is 15.2 Å². The molecule has 1 aromatic rings. The van der Waals surface area contributed by atoms with Gasteiger partial charge in [0.25, 0.3) is 0 Å². The van der Waals surface area contributed by atoms with Crippen molar-refractivity contribution in [2.75, 3.05) is 6.54 Å². The third-order valence-electron chi connectivity index (χ3n) is 3.73. The van der Waals surface area contributed by atoms with Crippen molar-refractivity contribution in [3.05, 3.63) is 30.1 Å². The Kier molecular flexibility index (Phi) is 4.60. The molecule has 1 fully saturated rings. The van der Waals surface area contributed by atoms with Crippen LogP contribution >= 0.6 is 0 Å². The smallest absolute Gasteiger partial charge is 0.324 e. The van der Waals surface area contributed by atoms with Crippen molar-refractivity contribution in [2.45, 2.75) is 44.2 Å². The minimum Gasteiger partial charge on any atom is -0.490 e. The zero-order valence-electron chi connectivity index (χ0n) is 11.6. The number of ether oxygens (including phenoxy) is 1. The van der Waals surface area contributed by atoms with Gasteiger partial charge in [0.2, 0.25) is 0 Å². The lowest BCUT2D eigenvalue weighted by atomic mass is 9.80. The summed E-state index contributed by atoms with van der Waals surface area (Å²) in [7, 11) is 0. The van der Waals surface area contributed by atoms with Crippen LogP contribution in [0.2, 0.25) is 0 Å².